The monoisotopic (exact) mass is 429 g/mol. The minimum atomic E-state index is 0.653. The molecule has 2 heterocycles. The SMILES string of the molecule is CN=C(NCCc1ccc(Br)o1)NCc1ccccc1-n1nc(C)cc1C. The van der Waals surface area contributed by atoms with E-state index in [9.17, 15) is 0 Å². The van der Waals surface area contributed by atoms with E-state index in [1.54, 1.807) is 7.05 Å². The van der Waals surface area contributed by atoms with Gasteiger partial charge in [-0.05, 0) is 59.6 Å². The summed E-state index contributed by atoms with van der Waals surface area (Å²) in [5, 5.41) is 11.3. The van der Waals surface area contributed by atoms with Gasteiger partial charge in [0.05, 0.1) is 11.4 Å². The maximum absolute atomic E-state index is 5.51. The molecule has 0 amide bonds. The number of benzene rings is 1. The molecule has 2 aromatic heterocycles. The van der Waals surface area contributed by atoms with Gasteiger partial charge in [0.25, 0.3) is 0 Å². The van der Waals surface area contributed by atoms with E-state index in [1.807, 2.05) is 35.9 Å². The quantitative estimate of drug-likeness (QED) is 0.462. The van der Waals surface area contributed by atoms with Crippen molar-refractivity contribution in [2.24, 2.45) is 4.99 Å². The Labute approximate surface area is 167 Å². The molecular weight excluding hydrogens is 406 g/mol. The van der Waals surface area contributed by atoms with Crippen LogP contribution >= 0.6 is 15.9 Å². The van der Waals surface area contributed by atoms with E-state index in [4.69, 9.17) is 4.42 Å². The third-order valence-corrected chi connectivity index (χ3v) is 4.62. The average molecular weight is 430 g/mol. The Morgan fingerprint density at radius 1 is 1.19 bits per heavy atom. The second kappa shape index (κ2) is 8.90. The van der Waals surface area contributed by atoms with Crippen molar-refractivity contribution in [1.82, 2.24) is 20.4 Å². The Kier molecular flexibility index (Phi) is 6.34. The summed E-state index contributed by atoms with van der Waals surface area (Å²) in [4.78, 5) is 4.30. The first-order valence-corrected chi connectivity index (χ1v) is 9.66. The van der Waals surface area contributed by atoms with Crippen molar-refractivity contribution >= 4 is 21.9 Å². The number of nitrogens with one attached hydrogen (secondary N) is 2. The van der Waals surface area contributed by atoms with Crippen LogP contribution in [-0.4, -0.2) is 29.3 Å². The molecule has 1 aromatic carbocycles. The first kappa shape index (κ1) is 19.2. The normalized spacial score (nSPS) is 11.6. The van der Waals surface area contributed by atoms with Gasteiger partial charge in [0.1, 0.15) is 5.76 Å². The maximum Gasteiger partial charge on any atom is 0.191 e. The summed E-state index contributed by atoms with van der Waals surface area (Å²) in [6.07, 6.45) is 0.786. The van der Waals surface area contributed by atoms with E-state index in [-0.39, 0.29) is 0 Å². The highest BCUT2D eigenvalue weighted by Crippen LogP contribution is 2.17. The Morgan fingerprint density at radius 3 is 2.67 bits per heavy atom. The minimum absolute atomic E-state index is 0.653. The fourth-order valence-corrected chi connectivity index (χ4v) is 3.27. The summed E-state index contributed by atoms with van der Waals surface area (Å²) < 4.78 is 8.25. The van der Waals surface area contributed by atoms with E-state index in [0.717, 1.165) is 52.0 Å². The first-order valence-electron chi connectivity index (χ1n) is 8.87. The smallest absolute Gasteiger partial charge is 0.191 e. The molecule has 0 saturated heterocycles. The summed E-state index contributed by atoms with van der Waals surface area (Å²) in [6.45, 7) is 5.46. The van der Waals surface area contributed by atoms with Gasteiger partial charge in [-0.15, -0.1) is 0 Å². The molecule has 3 rings (SSSR count). The van der Waals surface area contributed by atoms with E-state index in [2.05, 4.69) is 61.8 Å². The zero-order chi connectivity index (χ0) is 19.2. The molecule has 0 radical (unpaired) electrons. The Balaban J connectivity index is 1.61. The van der Waals surface area contributed by atoms with E-state index in [1.165, 1.54) is 0 Å². The Hall–Kier alpha value is -2.54. The zero-order valence-corrected chi connectivity index (χ0v) is 17.4. The third-order valence-electron chi connectivity index (χ3n) is 4.19. The second-order valence-electron chi connectivity index (χ2n) is 6.28. The Bertz CT molecular complexity index is 928. The van der Waals surface area contributed by atoms with Crippen LogP contribution in [0.5, 0.6) is 0 Å². The summed E-state index contributed by atoms with van der Waals surface area (Å²) in [5.41, 5.74) is 4.36. The predicted molar refractivity (Wildman–Crippen MR) is 111 cm³/mol. The fourth-order valence-electron chi connectivity index (χ4n) is 2.93. The van der Waals surface area contributed by atoms with E-state index < -0.39 is 0 Å². The summed E-state index contributed by atoms with van der Waals surface area (Å²) in [5.74, 6) is 1.68. The number of hydrogen-bond acceptors (Lipinski definition) is 3. The number of guanidine groups is 1. The van der Waals surface area contributed by atoms with E-state index >= 15 is 0 Å². The Morgan fingerprint density at radius 2 is 2.00 bits per heavy atom. The van der Waals surface area contributed by atoms with Crippen molar-refractivity contribution in [3.05, 3.63) is 69.8 Å². The number of halogens is 1. The molecule has 2 N–H and O–H groups in total. The van der Waals surface area contributed by atoms with Gasteiger partial charge < -0.3 is 15.1 Å². The van der Waals surface area contributed by atoms with Crippen molar-refractivity contribution in [2.45, 2.75) is 26.8 Å². The number of para-hydroxylation sites is 1. The van der Waals surface area contributed by atoms with Crippen LogP contribution in [0.25, 0.3) is 5.69 Å². The topological polar surface area (TPSA) is 67.4 Å². The molecular formula is C20H24BrN5O. The van der Waals surface area contributed by atoms with Crippen LogP contribution in [0.15, 0.2) is 56.5 Å². The maximum atomic E-state index is 5.51. The van der Waals surface area contributed by atoms with Crippen LogP contribution in [-0.2, 0) is 13.0 Å². The highest BCUT2D eigenvalue weighted by Gasteiger charge is 2.09. The fraction of sp³-hybridized carbons (Fsp3) is 0.300. The molecule has 0 atom stereocenters. The van der Waals surface area contributed by atoms with Gasteiger partial charge in [0.15, 0.2) is 10.6 Å². The number of aliphatic imine (C=N–C) groups is 1. The molecule has 7 heteroatoms. The van der Waals surface area contributed by atoms with Crippen LogP contribution in [0.3, 0.4) is 0 Å². The number of rotatable bonds is 6. The molecule has 0 aliphatic heterocycles. The van der Waals surface area contributed by atoms with Crippen molar-refractivity contribution in [1.29, 1.82) is 0 Å². The standard InChI is InChI=1S/C20H24BrN5O/c1-14-12-15(2)26(25-14)18-7-5-4-6-16(18)13-24-20(22-3)23-11-10-17-8-9-19(21)27-17/h4-9,12H,10-11,13H2,1-3H3,(H2,22,23,24). The average Bonchev–Trinajstić information content (AvgIpc) is 3.22. The zero-order valence-electron chi connectivity index (χ0n) is 15.8. The van der Waals surface area contributed by atoms with Gasteiger partial charge in [-0.2, -0.15) is 5.10 Å². The third kappa shape index (κ3) is 5.01. The summed E-state index contributed by atoms with van der Waals surface area (Å²) in [7, 11) is 1.77. The van der Waals surface area contributed by atoms with Gasteiger partial charge in [-0.25, -0.2) is 4.68 Å². The lowest BCUT2D eigenvalue weighted by atomic mass is 10.1. The number of aryl methyl sites for hydroxylation is 2. The molecule has 142 valence electrons. The van der Waals surface area contributed by atoms with Crippen LogP contribution in [0.1, 0.15) is 22.7 Å². The van der Waals surface area contributed by atoms with Crippen LogP contribution < -0.4 is 10.6 Å². The molecule has 0 aliphatic rings. The summed E-state index contributed by atoms with van der Waals surface area (Å²) in [6, 6.07) is 14.2. The van der Waals surface area contributed by atoms with Crippen LogP contribution in [0, 0.1) is 13.8 Å². The van der Waals surface area contributed by atoms with Gasteiger partial charge >= 0.3 is 0 Å². The summed E-state index contributed by atoms with van der Waals surface area (Å²) >= 11 is 3.32. The van der Waals surface area contributed by atoms with Gasteiger partial charge in [-0.3, -0.25) is 4.99 Å². The number of furan rings is 1. The van der Waals surface area contributed by atoms with E-state index in [0.29, 0.717) is 6.54 Å². The lowest BCUT2D eigenvalue weighted by Crippen LogP contribution is -2.38. The molecule has 0 fully saturated rings. The molecule has 0 spiro atoms. The highest BCUT2D eigenvalue weighted by atomic mass is 79.9. The van der Waals surface area contributed by atoms with Crippen molar-refractivity contribution in [2.75, 3.05) is 13.6 Å². The van der Waals surface area contributed by atoms with Crippen molar-refractivity contribution in [3.8, 4) is 5.69 Å². The molecule has 27 heavy (non-hydrogen) atoms. The van der Waals surface area contributed by atoms with Gasteiger partial charge in [-0.1, -0.05) is 18.2 Å². The van der Waals surface area contributed by atoms with Crippen molar-refractivity contribution < 1.29 is 4.42 Å². The molecule has 3 aromatic rings. The predicted octanol–water partition coefficient (Wildman–Crippen LogP) is 3.75. The van der Waals surface area contributed by atoms with Gasteiger partial charge in [0.2, 0.25) is 0 Å². The number of aromatic nitrogens is 2. The number of nitrogens with zero attached hydrogens (tertiary/aromatic N) is 3. The molecule has 0 unspecified atom stereocenters. The number of hydrogen-bond donors (Lipinski definition) is 2. The first-order chi connectivity index (χ1) is 13.1. The van der Waals surface area contributed by atoms with Crippen LogP contribution in [0.4, 0.5) is 0 Å². The molecule has 0 aliphatic carbocycles. The minimum Gasteiger partial charge on any atom is -0.454 e. The largest absolute Gasteiger partial charge is 0.454 e. The molecule has 0 bridgehead atoms. The lowest BCUT2D eigenvalue weighted by Gasteiger charge is -2.15. The second-order valence-corrected chi connectivity index (χ2v) is 7.06. The van der Waals surface area contributed by atoms with Crippen molar-refractivity contribution in [3.63, 3.8) is 0 Å². The van der Waals surface area contributed by atoms with Crippen LogP contribution in [0.2, 0.25) is 0 Å². The molecule has 6 nitrogen and oxygen atoms in total. The van der Waals surface area contributed by atoms with Gasteiger partial charge in [0, 0.05) is 32.3 Å². The lowest BCUT2D eigenvalue weighted by molar-refractivity contribution is 0.486. The highest BCUT2D eigenvalue weighted by molar-refractivity contribution is 9.10. The molecule has 0 saturated carbocycles.